The average Bonchev–Trinajstić information content (AvgIpc) is 3.18. The monoisotopic (exact) mass is 471 g/mol. The molecular weight excluding hydrogens is 434 g/mol. The van der Waals surface area contributed by atoms with Crippen LogP contribution in [-0.2, 0) is 28.6 Å². The molecule has 0 amide bonds. The van der Waals surface area contributed by atoms with Crippen molar-refractivity contribution in [2.75, 3.05) is 11.9 Å². The lowest BCUT2D eigenvalue weighted by atomic mass is 9.73. The second kappa shape index (κ2) is 9.50. The van der Waals surface area contributed by atoms with Gasteiger partial charge in [0.1, 0.15) is 6.61 Å². The molecule has 0 saturated carbocycles. The van der Waals surface area contributed by atoms with Crippen LogP contribution < -0.4 is 5.32 Å². The summed E-state index contributed by atoms with van der Waals surface area (Å²) in [5, 5.41) is 15.5. The van der Waals surface area contributed by atoms with Gasteiger partial charge in [0.2, 0.25) is 0 Å². The number of benzene rings is 3. The van der Waals surface area contributed by atoms with Crippen molar-refractivity contribution in [1.82, 2.24) is 0 Å². The van der Waals surface area contributed by atoms with E-state index in [0.29, 0.717) is 31.6 Å². The van der Waals surface area contributed by atoms with E-state index < -0.39 is 5.60 Å². The molecule has 3 aromatic carbocycles. The van der Waals surface area contributed by atoms with Crippen molar-refractivity contribution in [3.63, 3.8) is 0 Å². The van der Waals surface area contributed by atoms with Gasteiger partial charge in [0.05, 0.1) is 11.2 Å². The second-order valence-electron chi connectivity index (χ2n) is 11.6. The molecule has 0 spiro atoms. The summed E-state index contributed by atoms with van der Waals surface area (Å²) < 4.78 is 5.13. The Hall–Kier alpha value is -3.11. The van der Waals surface area contributed by atoms with Crippen molar-refractivity contribution in [3.8, 4) is 0 Å². The van der Waals surface area contributed by atoms with Crippen molar-refractivity contribution in [2.45, 2.75) is 70.5 Å². The van der Waals surface area contributed by atoms with E-state index in [0.717, 1.165) is 16.8 Å². The molecule has 0 fully saturated rings. The summed E-state index contributed by atoms with van der Waals surface area (Å²) >= 11 is 0. The Balaban J connectivity index is 1.57. The van der Waals surface area contributed by atoms with Crippen LogP contribution in [0, 0.1) is 0 Å². The molecule has 35 heavy (non-hydrogen) atoms. The Morgan fingerprint density at radius 1 is 0.886 bits per heavy atom. The predicted octanol–water partition coefficient (Wildman–Crippen LogP) is 6.41. The van der Waals surface area contributed by atoms with Crippen LogP contribution in [-0.4, -0.2) is 23.2 Å². The van der Waals surface area contributed by atoms with Gasteiger partial charge in [0, 0.05) is 24.2 Å². The number of rotatable bonds is 8. The summed E-state index contributed by atoms with van der Waals surface area (Å²) in [5.74, 6) is -0.272. The lowest BCUT2D eigenvalue weighted by Crippen LogP contribution is -2.44. The van der Waals surface area contributed by atoms with Crippen LogP contribution in [0.4, 0.5) is 5.69 Å². The number of hydrogen-bond donors (Lipinski definition) is 2. The van der Waals surface area contributed by atoms with Crippen molar-refractivity contribution in [2.24, 2.45) is 0 Å². The second-order valence-corrected chi connectivity index (χ2v) is 11.6. The topological polar surface area (TPSA) is 58.6 Å². The van der Waals surface area contributed by atoms with Gasteiger partial charge in [-0.3, -0.25) is 0 Å². The van der Waals surface area contributed by atoms with E-state index >= 15 is 0 Å². The van der Waals surface area contributed by atoms with Gasteiger partial charge in [-0.2, -0.15) is 0 Å². The normalized spacial score (nSPS) is 15.3. The third kappa shape index (κ3) is 5.94. The van der Waals surface area contributed by atoms with Gasteiger partial charge >= 0.3 is 5.97 Å². The molecule has 184 valence electrons. The molecule has 2 N–H and O–H groups in total. The Labute approximate surface area is 209 Å². The number of cyclic esters (lactones) is 1. The number of hydrogen-bond acceptors (Lipinski definition) is 4. The first-order valence-corrected chi connectivity index (χ1v) is 12.4. The van der Waals surface area contributed by atoms with Gasteiger partial charge in [-0.15, -0.1) is 0 Å². The molecule has 1 aliphatic heterocycles. The summed E-state index contributed by atoms with van der Waals surface area (Å²) in [4.78, 5) is 11.8. The molecule has 0 radical (unpaired) electrons. The molecule has 3 aromatic rings. The van der Waals surface area contributed by atoms with Gasteiger partial charge in [0.25, 0.3) is 0 Å². The SMILES string of the molecule is CC(C)(C)c1ccc(CC(O)(CNc2ccc3c(c2)COC3=O)CC(C)(C)c2ccccc2)cc1. The van der Waals surface area contributed by atoms with Gasteiger partial charge in [-0.25, -0.2) is 4.79 Å². The number of carbonyl (C=O) groups is 1. The van der Waals surface area contributed by atoms with Crippen molar-refractivity contribution in [3.05, 3.63) is 101 Å². The number of carbonyl (C=O) groups excluding carboxylic acids is 1. The molecule has 0 aliphatic carbocycles. The van der Waals surface area contributed by atoms with Crippen LogP contribution in [0.15, 0.2) is 72.8 Å². The van der Waals surface area contributed by atoms with E-state index in [9.17, 15) is 9.90 Å². The molecule has 1 heterocycles. The Morgan fingerprint density at radius 3 is 2.23 bits per heavy atom. The number of esters is 1. The minimum absolute atomic E-state index is 0.0877. The van der Waals surface area contributed by atoms with Crippen LogP contribution in [0.2, 0.25) is 0 Å². The molecule has 4 nitrogen and oxygen atoms in total. The van der Waals surface area contributed by atoms with Crippen LogP contribution in [0.5, 0.6) is 0 Å². The number of aliphatic hydroxyl groups is 1. The highest BCUT2D eigenvalue weighted by Crippen LogP contribution is 2.35. The van der Waals surface area contributed by atoms with Gasteiger partial charge in [-0.05, 0) is 52.1 Å². The highest BCUT2D eigenvalue weighted by molar-refractivity contribution is 5.93. The molecule has 0 bridgehead atoms. The summed E-state index contributed by atoms with van der Waals surface area (Å²) in [6.45, 7) is 11.7. The van der Waals surface area contributed by atoms with E-state index in [2.05, 4.69) is 76.3 Å². The maximum Gasteiger partial charge on any atom is 0.338 e. The van der Waals surface area contributed by atoms with Crippen LogP contribution in [0.3, 0.4) is 0 Å². The number of fused-ring (bicyclic) bond motifs is 1. The quantitative estimate of drug-likeness (QED) is 0.373. The van der Waals surface area contributed by atoms with Crippen molar-refractivity contribution < 1.29 is 14.6 Å². The minimum Gasteiger partial charge on any atom is -0.457 e. The van der Waals surface area contributed by atoms with Gasteiger partial charge in [-0.1, -0.05) is 89.2 Å². The Bertz CT molecular complexity index is 1180. The van der Waals surface area contributed by atoms with Crippen molar-refractivity contribution in [1.29, 1.82) is 0 Å². The first-order chi connectivity index (χ1) is 16.5. The average molecular weight is 472 g/mol. The third-order valence-electron chi connectivity index (χ3n) is 6.98. The Morgan fingerprint density at radius 2 is 1.57 bits per heavy atom. The zero-order valence-corrected chi connectivity index (χ0v) is 21.5. The number of ether oxygens (including phenoxy) is 1. The zero-order valence-electron chi connectivity index (χ0n) is 21.5. The number of nitrogens with one attached hydrogen (secondary N) is 1. The third-order valence-corrected chi connectivity index (χ3v) is 6.98. The van der Waals surface area contributed by atoms with Crippen LogP contribution in [0.1, 0.15) is 73.7 Å². The first-order valence-electron chi connectivity index (χ1n) is 12.4. The van der Waals surface area contributed by atoms with Crippen molar-refractivity contribution >= 4 is 11.7 Å². The minimum atomic E-state index is -0.992. The molecule has 1 unspecified atom stereocenters. The fourth-order valence-electron chi connectivity index (χ4n) is 5.01. The summed E-state index contributed by atoms with van der Waals surface area (Å²) in [6, 6.07) is 24.6. The van der Waals surface area contributed by atoms with Crippen LogP contribution in [0.25, 0.3) is 0 Å². The maximum atomic E-state index is 12.0. The largest absolute Gasteiger partial charge is 0.457 e. The first kappa shape index (κ1) is 25.0. The molecule has 0 saturated heterocycles. The van der Waals surface area contributed by atoms with E-state index in [1.54, 1.807) is 6.07 Å². The molecule has 4 heteroatoms. The summed E-state index contributed by atoms with van der Waals surface area (Å²) in [7, 11) is 0. The zero-order chi connectivity index (χ0) is 25.3. The molecule has 4 rings (SSSR count). The highest BCUT2D eigenvalue weighted by atomic mass is 16.5. The molecule has 1 aliphatic rings. The van der Waals surface area contributed by atoms with E-state index in [1.807, 2.05) is 30.3 Å². The number of anilines is 1. The van der Waals surface area contributed by atoms with E-state index in [-0.39, 0.29) is 16.8 Å². The lowest BCUT2D eigenvalue weighted by Gasteiger charge is -2.37. The maximum absolute atomic E-state index is 12.0. The fraction of sp³-hybridized carbons (Fsp3) is 0.387. The smallest absolute Gasteiger partial charge is 0.338 e. The van der Waals surface area contributed by atoms with Gasteiger partial charge < -0.3 is 15.2 Å². The Kier molecular flexibility index (Phi) is 6.79. The summed E-state index contributed by atoms with van der Waals surface area (Å²) in [6.07, 6.45) is 1.12. The lowest BCUT2D eigenvalue weighted by molar-refractivity contribution is 0.0257. The molecule has 1 atom stereocenters. The summed E-state index contributed by atoms with van der Waals surface area (Å²) in [5.41, 5.74) is 4.85. The standard InChI is InChI=1S/C31H37NO3/c1-29(2,3)24-13-11-22(12-14-24)18-31(34,20-30(4,5)25-9-7-6-8-10-25)21-32-26-15-16-27-23(17-26)19-35-28(27)33/h6-17,32,34H,18-21H2,1-5H3. The molecule has 0 aromatic heterocycles. The molecular formula is C31H37NO3. The van der Waals surface area contributed by atoms with E-state index in [1.165, 1.54) is 11.1 Å². The highest BCUT2D eigenvalue weighted by Gasteiger charge is 2.36. The van der Waals surface area contributed by atoms with E-state index in [4.69, 9.17) is 4.74 Å². The van der Waals surface area contributed by atoms with Gasteiger partial charge in [0.15, 0.2) is 0 Å². The predicted molar refractivity (Wildman–Crippen MR) is 142 cm³/mol. The van der Waals surface area contributed by atoms with Crippen LogP contribution >= 0.6 is 0 Å². The fourth-order valence-corrected chi connectivity index (χ4v) is 5.01.